The molecule has 226 valence electrons. The van der Waals surface area contributed by atoms with Crippen molar-refractivity contribution in [2.24, 2.45) is 0 Å². The smallest absolute Gasteiger partial charge is 0.261 e. The summed E-state index contributed by atoms with van der Waals surface area (Å²) in [4.78, 5) is 44.8. The highest BCUT2D eigenvalue weighted by atomic mass is 31.2. The number of unbranched alkanes of at least 4 members (excludes halogenated alkanes) is 2. The van der Waals surface area contributed by atoms with Gasteiger partial charge < -0.3 is 18.8 Å². The molecule has 0 spiro atoms. The Bertz CT molecular complexity index is 1040. The number of carbonyl (C=O) groups is 3. The maximum atomic E-state index is 13.0. The average Bonchev–Trinajstić information content (AvgIpc) is 3.18. The Kier molecular flexibility index (Phi) is 12.7. The highest BCUT2D eigenvalue weighted by Crippen LogP contribution is 2.52. The van der Waals surface area contributed by atoms with Gasteiger partial charge in [-0.15, -0.1) is 0 Å². The van der Waals surface area contributed by atoms with Gasteiger partial charge in [0.25, 0.3) is 20.3 Å². The Hall–Kier alpha value is -2.37. The van der Waals surface area contributed by atoms with E-state index in [0.29, 0.717) is 56.8 Å². The van der Waals surface area contributed by atoms with E-state index in [2.05, 4.69) is 44.1 Å². The van der Waals surface area contributed by atoms with Crippen LogP contribution in [0.15, 0.2) is 24.3 Å². The summed E-state index contributed by atoms with van der Waals surface area (Å²) >= 11 is 0. The zero-order chi connectivity index (χ0) is 30.0. The van der Waals surface area contributed by atoms with Crippen molar-refractivity contribution < 1.29 is 23.4 Å². The molecule has 0 bridgehead atoms. The van der Waals surface area contributed by atoms with E-state index in [4.69, 9.17) is 15.6 Å². The van der Waals surface area contributed by atoms with E-state index in [1.54, 1.807) is 24.3 Å². The molecule has 1 fully saturated rings. The monoisotopic (exact) mass is 586 g/mol. The number of amides is 3. The molecule has 0 saturated carbocycles. The number of benzene rings is 1. The third-order valence-electron chi connectivity index (χ3n) is 7.81. The molecule has 3 amide bonds. The van der Waals surface area contributed by atoms with Crippen molar-refractivity contribution >= 4 is 26.2 Å². The first-order valence-electron chi connectivity index (χ1n) is 15.1. The van der Waals surface area contributed by atoms with Gasteiger partial charge in [0.1, 0.15) is 6.61 Å². The zero-order valence-electron chi connectivity index (χ0n) is 25.4. The van der Waals surface area contributed by atoms with Gasteiger partial charge in [0.05, 0.1) is 16.7 Å². The molecule has 9 nitrogen and oxygen atoms in total. The van der Waals surface area contributed by atoms with Gasteiger partial charge in [0.2, 0.25) is 12.5 Å². The molecule has 1 aromatic carbocycles. The van der Waals surface area contributed by atoms with Gasteiger partial charge in [-0.25, -0.2) is 11.2 Å². The second-order valence-electron chi connectivity index (χ2n) is 11.5. The quantitative estimate of drug-likeness (QED) is 0.0978. The largest absolute Gasteiger partial charge is 0.342 e. The van der Waals surface area contributed by atoms with Crippen molar-refractivity contribution in [1.29, 1.82) is 0 Å². The summed E-state index contributed by atoms with van der Waals surface area (Å²) in [6.45, 7) is 20.2. The van der Waals surface area contributed by atoms with Crippen LogP contribution in [-0.2, 0) is 13.8 Å². The molecule has 41 heavy (non-hydrogen) atoms. The fraction of sp³-hybridized carbons (Fsp3) is 0.677. The highest BCUT2D eigenvalue weighted by molar-refractivity contribution is 7.44. The maximum Gasteiger partial charge on any atom is 0.261 e. The Morgan fingerprint density at radius 3 is 2.20 bits per heavy atom. The van der Waals surface area contributed by atoms with E-state index in [-0.39, 0.29) is 35.4 Å². The molecular weight excluding hydrogens is 539 g/mol. The van der Waals surface area contributed by atoms with Crippen molar-refractivity contribution in [2.75, 3.05) is 32.8 Å². The number of rotatable bonds is 16. The average molecular weight is 587 g/mol. The van der Waals surface area contributed by atoms with Crippen LogP contribution in [0.1, 0.15) is 107 Å². The number of likely N-dealkylation sites (tertiary alicyclic amines) is 1. The van der Waals surface area contributed by atoms with E-state index >= 15 is 0 Å². The lowest BCUT2D eigenvalue weighted by Gasteiger charge is -2.46. The normalized spacial score (nSPS) is 17.4. The maximum absolute atomic E-state index is 13.0. The van der Waals surface area contributed by atoms with Gasteiger partial charge in [-0.1, -0.05) is 31.9 Å². The highest BCUT2D eigenvalue weighted by Gasteiger charge is 2.41. The molecule has 0 aromatic heterocycles. The van der Waals surface area contributed by atoms with Gasteiger partial charge in [0, 0.05) is 38.1 Å². The van der Waals surface area contributed by atoms with Crippen LogP contribution >= 0.6 is 8.53 Å². The van der Waals surface area contributed by atoms with Crippen LogP contribution in [0.25, 0.3) is 4.85 Å². The lowest BCUT2D eigenvalue weighted by Crippen LogP contribution is -2.48. The van der Waals surface area contributed by atoms with Crippen LogP contribution in [0.2, 0.25) is 0 Å². The minimum Gasteiger partial charge on any atom is -0.342 e. The number of hydrogen-bond acceptors (Lipinski definition) is 6. The van der Waals surface area contributed by atoms with Crippen LogP contribution in [-0.4, -0.2) is 82.7 Å². The summed E-state index contributed by atoms with van der Waals surface area (Å²) in [6, 6.07) is 7.42. The Balaban J connectivity index is 1.48. The number of carbonyl (C=O) groups excluding carboxylic acids is 3. The fourth-order valence-corrected chi connectivity index (χ4v) is 7.65. The molecule has 1 saturated heterocycles. The molecule has 2 aliphatic heterocycles. The summed E-state index contributed by atoms with van der Waals surface area (Å²) in [7, 11) is -1.33. The molecule has 2 heterocycles. The lowest BCUT2D eigenvalue weighted by molar-refractivity contribution is -0.135. The molecule has 1 unspecified atom stereocenters. The van der Waals surface area contributed by atoms with Gasteiger partial charge in [-0.3, -0.25) is 19.3 Å². The van der Waals surface area contributed by atoms with Gasteiger partial charge in [0.15, 0.2) is 0 Å². The fourth-order valence-electron chi connectivity index (χ4n) is 5.77. The third kappa shape index (κ3) is 8.58. The summed E-state index contributed by atoms with van der Waals surface area (Å²) in [5.74, 6) is -0.298. The van der Waals surface area contributed by atoms with E-state index in [1.165, 1.54) is 4.90 Å². The first-order valence-corrected chi connectivity index (χ1v) is 16.2. The summed E-state index contributed by atoms with van der Waals surface area (Å²) in [6.07, 6.45) is 6.08. The number of nitrogens with zero attached hydrogens (tertiary/aromatic N) is 4. The summed E-state index contributed by atoms with van der Waals surface area (Å²) in [5.41, 5.74) is 0.609. The van der Waals surface area contributed by atoms with E-state index < -0.39 is 8.53 Å². The molecule has 2 aliphatic rings. The van der Waals surface area contributed by atoms with Crippen LogP contribution in [0.5, 0.6) is 0 Å². The number of fused-ring (bicyclic) bond motifs is 1. The van der Waals surface area contributed by atoms with Crippen LogP contribution < -0.4 is 0 Å². The summed E-state index contributed by atoms with van der Waals surface area (Å²) in [5, 5.41) is 0. The SMILES string of the molecule is [C-]#[N+]CCOP(OC1(CCC)CCN(C(=O)CCCCCN2C(=O)c3ccccc3C2=O)CC1)N(C(C)C)C(C)C. The van der Waals surface area contributed by atoms with Gasteiger partial charge in [-0.05, 0) is 71.9 Å². The van der Waals surface area contributed by atoms with Crippen molar-refractivity contribution in [3.8, 4) is 0 Å². The molecule has 1 atom stereocenters. The first-order chi connectivity index (χ1) is 19.6. The topological polar surface area (TPSA) is 83.8 Å². The van der Waals surface area contributed by atoms with E-state index in [0.717, 1.165) is 38.5 Å². The standard InChI is InChI=1S/C31H47N4O5P/c1-7-16-31(40-41(39-23-19-32-6)35(24(2)3)25(4)5)17-21-33(22-18-31)28(36)15-9-8-12-20-34-29(37)26-13-10-11-14-27(26)30(34)38/h10-11,13-14,24-25H,7-9,12,15-23H2,1-5H3. The Morgan fingerprint density at radius 2 is 1.66 bits per heavy atom. The Labute approximate surface area is 247 Å². The zero-order valence-corrected chi connectivity index (χ0v) is 26.3. The molecule has 10 heteroatoms. The molecule has 0 aliphatic carbocycles. The lowest BCUT2D eigenvalue weighted by atomic mass is 9.87. The predicted molar refractivity (Wildman–Crippen MR) is 161 cm³/mol. The number of piperidine rings is 1. The van der Waals surface area contributed by atoms with Crippen molar-refractivity contribution in [3.05, 3.63) is 46.8 Å². The van der Waals surface area contributed by atoms with Crippen molar-refractivity contribution in [1.82, 2.24) is 14.5 Å². The van der Waals surface area contributed by atoms with Crippen molar-refractivity contribution in [3.63, 3.8) is 0 Å². The van der Waals surface area contributed by atoms with Crippen LogP contribution in [0, 0.1) is 6.57 Å². The van der Waals surface area contributed by atoms with Gasteiger partial charge >= 0.3 is 0 Å². The molecule has 1 aromatic rings. The number of hydrogen-bond donors (Lipinski definition) is 0. The predicted octanol–water partition coefficient (Wildman–Crippen LogP) is 6.30. The molecular formula is C31H47N4O5P. The van der Waals surface area contributed by atoms with E-state index in [1.807, 2.05) is 4.90 Å². The second-order valence-corrected chi connectivity index (χ2v) is 12.9. The molecule has 3 rings (SSSR count). The second kappa shape index (κ2) is 15.7. The van der Waals surface area contributed by atoms with Gasteiger partial charge in [-0.2, -0.15) is 0 Å². The number of imide groups is 1. The minimum absolute atomic E-state index is 0.150. The summed E-state index contributed by atoms with van der Waals surface area (Å²) < 4.78 is 15.3. The minimum atomic E-state index is -1.33. The van der Waals surface area contributed by atoms with Crippen LogP contribution in [0.4, 0.5) is 0 Å². The van der Waals surface area contributed by atoms with Crippen LogP contribution in [0.3, 0.4) is 0 Å². The van der Waals surface area contributed by atoms with Crippen molar-refractivity contribution in [2.45, 2.75) is 104 Å². The Morgan fingerprint density at radius 1 is 1.05 bits per heavy atom. The first kappa shape index (κ1) is 33.1. The molecule has 0 radical (unpaired) electrons. The molecule has 0 N–H and O–H groups in total. The van der Waals surface area contributed by atoms with E-state index in [9.17, 15) is 14.4 Å². The third-order valence-corrected chi connectivity index (χ3v) is 10.1.